The quantitative estimate of drug-likeness (QED) is 0.0222. The summed E-state index contributed by atoms with van der Waals surface area (Å²) in [6.07, 6.45) is 51.6. The van der Waals surface area contributed by atoms with E-state index in [9.17, 15) is 43.2 Å². The van der Waals surface area contributed by atoms with Crippen molar-refractivity contribution in [2.24, 2.45) is 5.92 Å². The topological polar surface area (TPSA) is 237 Å². The SMILES string of the molecule is CCCCCCCCCCCCCCCCCCCCCCCC(=O)O[C@H](COC(=O)CCCCCCCCCCC(C)C)COP(=O)(O)OC[C@@H](O)COP(=O)(O)OC[C@@H](COC(=O)CCCCCCCCC)OC(=O)CCCCCCCCCCCCC. The Morgan fingerprint density at radius 3 is 0.756 bits per heavy atom. The van der Waals surface area contributed by atoms with E-state index in [0.29, 0.717) is 25.7 Å². The van der Waals surface area contributed by atoms with E-state index in [1.54, 1.807) is 0 Å². The van der Waals surface area contributed by atoms with Crippen LogP contribution >= 0.6 is 15.6 Å². The molecule has 2 unspecified atom stereocenters. The monoisotopic (exact) mass is 1320 g/mol. The van der Waals surface area contributed by atoms with Crippen molar-refractivity contribution in [3.63, 3.8) is 0 Å². The summed E-state index contributed by atoms with van der Waals surface area (Å²) in [4.78, 5) is 72.4. The van der Waals surface area contributed by atoms with E-state index in [0.717, 1.165) is 109 Å². The van der Waals surface area contributed by atoms with Crippen molar-refractivity contribution >= 4 is 39.5 Å². The van der Waals surface area contributed by atoms with Crippen molar-refractivity contribution in [3.05, 3.63) is 0 Å². The normalized spacial score (nSPS) is 14.1. The van der Waals surface area contributed by atoms with Gasteiger partial charge in [0.1, 0.15) is 19.3 Å². The van der Waals surface area contributed by atoms with Crippen LogP contribution in [-0.4, -0.2) is 96.7 Å². The summed E-state index contributed by atoms with van der Waals surface area (Å²) in [5.74, 6) is -1.40. The first-order valence-corrected chi connectivity index (χ1v) is 40.1. The van der Waals surface area contributed by atoms with Crippen LogP contribution in [-0.2, 0) is 65.4 Å². The number of carbonyl (C=O) groups is 4. The molecule has 0 saturated heterocycles. The maximum Gasteiger partial charge on any atom is 0.472 e. The zero-order chi connectivity index (χ0) is 66.3. The molecule has 0 aliphatic rings. The molecule has 90 heavy (non-hydrogen) atoms. The number of phosphoric acid groups is 2. The summed E-state index contributed by atoms with van der Waals surface area (Å²) >= 11 is 0. The molecule has 0 radical (unpaired) electrons. The van der Waals surface area contributed by atoms with Gasteiger partial charge in [-0.05, 0) is 31.6 Å². The molecule has 5 atom stereocenters. The van der Waals surface area contributed by atoms with Crippen LogP contribution in [0.5, 0.6) is 0 Å². The number of carbonyl (C=O) groups excluding carboxylic acids is 4. The maximum absolute atomic E-state index is 13.0. The van der Waals surface area contributed by atoms with Gasteiger partial charge in [0.2, 0.25) is 0 Å². The second-order valence-corrected chi connectivity index (χ2v) is 29.0. The number of phosphoric ester groups is 2. The van der Waals surface area contributed by atoms with Gasteiger partial charge in [-0.25, -0.2) is 9.13 Å². The number of aliphatic hydroxyl groups is 1. The van der Waals surface area contributed by atoms with E-state index in [1.807, 2.05) is 0 Å². The summed E-state index contributed by atoms with van der Waals surface area (Å²) in [7, 11) is -9.89. The minimum atomic E-state index is -4.95. The molecule has 0 rings (SSSR count). The zero-order valence-electron chi connectivity index (χ0n) is 58.3. The fourth-order valence-corrected chi connectivity index (χ4v) is 12.4. The lowest BCUT2D eigenvalue weighted by atomic mass is 10.0. The van der Waals surface area contributed by atoms with Crippen molar-refractivity contribution in [3.8, 4) is 0 Å². The van der Waals surface area contributed by atoms with Gasteiger partial charge in [0.05, 0.1) is 26.4 Å². The first-order valence-electron chi connectivity index (χ1n) is 37.1. The third kappa shape index (κ3) is 64.8. The molecule has 3 N–H and O–H groups in total. The van der Waals surface area contributed by atoms with Crippen molar-refractivity contribution in [2.45, 2.75) is 387 Å². The van der Waals surface area contributed by atoms with Crippen LogP contribution in [0.15, 0.2) is 0 Å². The number of unbranched alkanes of at least 4 members (excludes halogenated alkanes) is 43. The molecule has 0 spiro atoms. The predicted molar refractivity (Wildman–Crippen MR) is 363 cm³/mol. The lowest BCUT2D eigenvalue weighted by Crippen LogP contribution is -2.30. The zero-order valence-corrected chi connectivity index (χ0v) is 60.1. The number of rotatable bonds is 71. The molecule has 0 amide bonds. The average molecular weight is 1330 g/mol. The third-order valence-corrected chi connectivity index (χ3v) is 18.4. The predicted octanol–water partition coefficient (Wildman–Crippen LogP) is 20.5. The van der Waals surface area contributed by atoms with Crippen LogP contribution in [0.3, 0.4) is 0 Å². The Labute approximate surface area is 549 Å². The smallest absolute Gasteiger partial charge is 0.462 e. The molecule has 0 aliphatic heterocycles. The van der Waals surface area contributed by atoms with Gasteiger partial charge in [-0.1, -0.05) is 317 Å². The minimum absolute atomic E-state index is 0.107. The Bertz CT molecular complexity index is 1740. The largest absolute Gasteiger partial charge is 0.472 e. The first-order chi connectivity index (χ1) is 43.5. The first kappa shape index (κ1) is 88.1. The number of hydrogen-bond acceptors (Lipinski definition) is 15. The number of ether oxygens (including phenoxy) is 4. The van der Waals surface area contributed by atoms with Crippen molar-refractivity contribution in [2.75, 3.05) is 39.6 Å². The molecule has 0 aromatic carbocycles. The summed E-state index contributed by atoms with van der Waals surface area (Å²) in [5.41, 5.74) is 0. The summed E-state index contributed by atoms with van der Waals surface area (Å²) < 4.78 is 68.2. The molecular weight excluding hydrogens is 1190 g/mol. The fraction of sp³-hybridized carbons (Fsp3) is 0.944. The highest BCUT2D eigenvalue weighted by atomic mass is 31.2. The highest BCUT2D eigenvalue weighted by Gasteiger charge is 2.30. The lowest BCUT2D eigenvalue weighted by Gasteiger charge is -2.21. The summed E-state index contributed by atoms with van der Waals surface area (Å²) in [6, 6.07) is 0. The van der Waals surface area contributed by atoms with Gasteiger partial charge in [0.15, 0.2) is 12.2 Å². The molecule has 19 heteroatoms. The lowest BCUT2D eigenvalue weighted by molar-refractivity contribution is -0.161. The molecule has 17 nitrogen and oxygen atoms in total. The van der Waals surface area contributed by atoms with Crippen LogP contribution in [0.4, 0.5) is 0 Å². The van der Waals surface area contributed by atoms with Crippen LogP contribution in [0.25, 0.3) is 0 Å². The van der Waals surface area contributed by atoms with Crippen molar-refractivity contribution in [1.29, 1.82) is 0 Å². The van der Waals surface area contributed by atoms with E-state index >= 15 is 0 Å². The van der Waals surface area contributed by atoms with Crippen LogP contribution in [0.1, 0.15) is 369 Å². The molecule has 0 aromatic rings. The van der Waals surface area contributed by atoms with E-state index in [2.05, 4.69) is 34.6 Å². The molecule has 0 heterocycles. The number of esters is 4. The van der Waals surface area contributed by atoms with E-state index < -0.39 is 97.5 Å². The van der Waals surface area contributed by atoms with Crippen molar-refractivity contribution in [1.82, 2.24) is 0 Å². The standard InChI is InChI=1S/C71H138O17P2/c1-6-9-12-15-18-20-22-23-24-25-26-27-28-29-30-31-33-35-42-47-52-57-71(76)88-67(61-82-69(74)55-50-45-40-37-36-39-43-48-53-64(4)5)63-86-90(79,80)84-59-65(72)58-83-89(77,78)85-62-66(60-81-68(73)54-49-44-38-17-14-11-8-3)87-70(75)56-51-46-41-34-32-21-19-16-13-10-7-2/h64-67,72H,6-63H2,1-5H3,(H,77,78)(H,79,80)/t65-,66+,67+/m0/s1. The van der Waals surface area contributed by atoms with Gasteiger partial charge in [-0.15, -0.1) is 0 Å². The fourth-order valence-electron chi connectivity index (χ4n) is 10.8. The summed E-state index contributed by atoms with van der Waals surface area (Å²) in [6.45, 7) is 7.17. The van der Waals surface area contributed by atoms with Crippen LogP contribution in [0.2, 0.25) is 0 Å². The number of aliphatic hydroxyl groups excluding tert-OH is 1. The minimum Gasteiger partial charge on any atom is -0.462 e. The van der Waals surface area contributed by atoms with E-state index in [4.69, 9.17) is 37.0 Å². The van der Waals surface area contributed by atoms with Gasteiger partial charge in [-0.2, -0.15) is 0 Å². The molecule has 0 saturated carbocycles. The average Bonchev–Trinajstić information content (AvgIpc) is 3.59. The summed E-state index contributed by atoms with van der Waals surface area (Å²) in [5, 5.41) is 10.6. The molecule has 0 aromatic heterocycles. The van der Waals surface area contributed by atoms with E-state index in [-0.39, 0.29) is 25.7 Å². The second-order valence-electron chi connectivity index (χ2n) is 26.1. The Hall–Kier alpha value is -1.94. The molecule has 0 fully saturated rings. The molecule has 534 valence electrons. The molecule has 0 aliphatic carbocycles. The Morgan fingerprint density at radius 2 is 0.511 bits per heavy atom. The number of hydrogen-bond donors (Lipinski definition) is 3. The second kappa shape index (κ2) is 64.4. The van der Waals surface area contributed by atoms with Crippen LogP contribution < -0.4 is 0 Å². The third-order valence-electron chi connectivity index (χ3n) is 16.5. The Morgan fingerprint density at radius 1 is 0.300 bits per heavy atom. The van der Waals surface area contributed by atoms with Gasteiger partial charge in [0.25, 0.3) is 0 Å². The van der Waals surface area contributed by atoms with E-state index in [1.165, 1.54) is 180 Å². The highest BCUT2D eigenvalue weighted by Crippen LogP contribution is 2.45. The highest BCUT2D eigenvalue weighted by molar-refractivity contribution is 7.47. The van der Waals surface area contributed by atoms with Gasteiger partial charge < -0.3 is 33.8 Å². The maximum atomic E-state index is 13.0. The Kier molecular flexibility index (Phi) is 63.0. The molecule has 0 bridgehead atoms. The van der Waals surface area contributed by atoms with Crippen molar-refractivity contribution < 1.29 is 80.2 Å². The molecular formula is C71H138O17P2. The van der Waals surface area contributed by atoms with Crippen LogP contribution in [0, 0.1) is 5.92 Å². The van der Waals surface area contributed by atoms with Gasteiger partial charge >= 0.3 is 39.5 Å². The van der Waals surface area contributed by atoms with Gasteiger partial charge in [0, 0.05) is 25.7 Å². The Balaban J connectivity index is 5.13. The van der Waals surface area contributed by atoms with Gasteiger partial charge in [-0.3, -0.25) is 37.3 Å².